The van der Waals surface area contributed by atoms with Crippen molar-refractivity contribution < 1.29 is 9.59 Å². The van der Waals surface area contributed by atoms with Gasteiger partial charge in [0.25, 0.3) is 5.91 Å². The smallest absolute Gasteiger partial charge is 0.254 e. The van der Waals surface area contributed by atoms with E-state index in [4.69, 9.17) is 5.73 Å². The van der Waals surface area contributed by atoms with E-state index in [2.05, 4.69) is 10.6 Å². The van der Waals surface area contributed by atoms with Gasteiger partial charge in [-0.2, -0.15) is 0 Å². The average Bonchev–Trinajstić information content (AvgIpc) is 2.39. The van der Waals surface area contributed by atoms with Crippen molar-refractivity contribution in [2.75, 3.05) is 11.1 Å². The van der Waals surface area contributed by atoms with Gasteiger partial charge in [0.2, 0.25) is 5.91 Å². The minimum absolute atomic E-state index is 0.257. The Hall–Kier alpha value is -2.56. The maximum atomic E-state index is 12.5. The molecule has 1 aromatic carbocycles. The summed E-state index contributed by atoms with van der Waals surface area (Å²) in [6, 6.07) is 6.91. The van der Waals surface area contributed by atoms with Crippen LogP contribution in [0, 0.1) is 0 Å². The van der Waals surface area contributed by atoms with Crippen LogP contribution in [0.1, 0.15) is 13.3 Å². The molecule has 0 saturated carbocycles. The standard InChI is InChI=1S/C15H17N3O2/c1-11(19)18-15(8-3-2-4-9-15)14(20)17-13-7-5-6-12(16)10-13/h2-8,10H,9,16H2,1H3,(H,17,20)(H,18,19). The Labute approximate surface area is 117 Å². The van der Waals surface area contributed by atoms with Gasteiger partial charge in [0, 0.05) is 24.7 Å². The van der Waals surface area contributed by atoms with E-state index >= 15 is 0 Å². The molecule has 1 aliphatic rings. The lowest BCUT2D eigenvalue weighted by molar-refractivity contribution is -0.127. The number of allylic oxidation sites excluding steroid dienone is 2. The van der Waals surface area contributed by atoms with Crippen molar-refractivity contribution in [1.29, 1.82) is 0 Å². The number of benzene rings is 1. The summed E-state index contributed by atoms with van der Waals surface area (Å²) in [7, 11) is 0. The number of carbonyl (C=O) groups is 2. The van der Waals surface area contributed by atoms with Crippen LogP contribution in [0.2, 0.25) is 0 Å². The maximum Gasteiger partial charge on any atom is 0.254 e. The lowest BCUT2D eigenvalue weighted by Crippen LogP contribution is -2.55. The lowest BCUT2D eigenvalue weighted by Gasteiger charge is -2.30. The fourth-order valence-corrected chi connectivity index (χ4v) is 2.11. The summed E-state index contributed by atoms with van der Waals surface area (Å²) in [6.45, 7) is 1.39. The Kier molecular flexibility index (Phi) is 3.89. The first-order valence-corrected chi connectivity index (χ1v) is 6.32. The monoisotopic (exact) mass is 271 g/mol. The maximum absolute atomic E-state index is 12.5. The van der Waals surface area contributed by atoms with Gasteiger partial charge in [-0.25, -0.2) is 0 Å². The predicted octanol–water partition coefficient (Wildman–Crippen LogP) is 1.60. The molecule has 4 N–H and O–H groups in total. The highest BCUT2D eigenvalue weighted by atomic mass is 16.2. The summed E-state index contributed by atoms with van der Waals surface area (Å²) in [6.07, 6.45) is 7.54. The third-order valence-electron chi connectivity index (χ3n) is 3.02. The highest BCUT2D eigenvalue weighted by molar-refractivity contribution is 6.02. The van der Waals surface area contributed by atoms with Crippen LogP contribution in [0.3, 0.4) is 0 Å². The van der Waals surface area contributed by atoms with Gasteiger partial charge in [0.15, 0.2) is 0 Å². The largest absolute Gasteiger partial charge is 0.399 e. The van der Waals surface area contributed by atoms with E-state index in [1.807, 2.05) is 12.2 Å². The predicted molar refractivity (Wildman–Crippen MR) is 78.9 cm³/mol. The number of nitrogen functional groups attached to an aromatic ring is 1. The average molecular weight is 271 g/mol. The van der Waals surface area contributed by atoms with E-state index in [0.29, 0.717) is 17.8 Å². The summed E-state index contributed by atoms with van der Waals surface area (Å²) < 4.78 is 0. The SMILES string of the molecule is CC(=O)NC1(C(=O)Nc2cccc(N)c2)C=CC=CC1. The molecular formula is C15H17N3O2. The molecule has 0 aliphatic heterocycles. The van der Waals surface area contributed by atoms with Crippen LogP contribution in [-0.2, 0) is 9.59 Å². The molecule has 104 valence electrons. The van der Waals surface area contributed by atoms with Crippen LogP contribution in [-0.4, -0.2) is 17.4 Å². The molecule has 0 saturated heterocycles. The Bertz CT molecular complexity index is 593. The second-order valence-corrected chi connectivity index (χ2v) is 4.72. The summed E-state index contributed by atoms with van der Waals surface area (Å²) in [4.78, 5) is 23.8. The Morgan fingerprint density at radius 1 is 1.30 bits per heavy atom. The molecule has 2 rings (SSSR count). The molecule has 5 nitrogen and oxygen atoms in total. The zero-order valence-electron chi connectivity index (χ0n) is 11.2. The molecule has 1 aliphatic carbocycles. The highest BCUT2D eigenvalue weighted by Gasteiger charge is 2.36. The van der Waals surface area contributed by atoms with E-state index in [-0.39, 0.29) is 11.8 Å². The van der Waals surface area contributed by atoms with Crippen LogP contribution < -0.4 is 16.4 Å². The topological polar surface area (TPSA) is 84.2 Å². The van der Waals surface area contributed by atoms with Gasteiger partial charge in [0.1, 0.15) is 5.54 Å². The molecule has 0 bridgehead atoms. The molecule has 20 heavy (non-hydrogen) atoms. The van der Waals surface area contributed by atoms with Crippen LogP contribution in [0.15, 0.2) is 48.6 Å². The molecule has 0 aromatic heterocycles. The zero-order chi connectivity index (χ0) is 14.6. The van der Waals surface area contributed by atoms with Gasteiger partial charge in [-0.1, -0.05) is 24.3 Å². The van der Waals surface area contributed by atoms with E-state index in [1.165, 1.54) is 6.92 Å². The second-order valence-electron chi connectivity index (χ2n) is 4.72. The van der Waals surface area contributed by atoms with Gasteiger partial charge in [-0.3, -0.25) is 9.59 Å². The third-order valence-corrected chi connectivity index (χ3v) is 3.02. The van der Waals surface area contributed by atoms with Crippen molar-refractivity contribution in [1.82, 2.24) is 5.32 Å². The van der Waals surface area contributed by atoms with E-state index in [1.54, 1.807) is 36.4 Å². The Morgan fingerprint density at radius 3 is 2.70 bits per heavy atom. The first-order chi connectivity index (χ1) is 9.52. The van der Waals surface area contributed by atoms with Crippen molar-refractivity contribution >= 4 is 23.2 Å². The molecule has 0 heterocycles. The first kappa shape index (κ1) is 13.9. The van der Waals surface area contributed by atoms with Crippen molar-refractivity contribution in [3.05, 3.63) is 48.6 Å². The summed E-state index contributed by atoms with van der Waals surface area (Å²) in [5, 5.41) is 5.49. The van der Waals surface area contributed by atoms with Crippen molar-refractivity contribution in [2.24, 2.45) is 0 Å². The van der Waals surface area contributed by atoms with Crippen molar-refractivity contribution in [3.63, 3.8) is 0 Å². The van der Waals surface area contributed by atoms with E-state index < -0.39 is 5.54 Å². The molecule has 0 spiro atoms. The van der Waals surface area contributed by atoms with Gasteiger partial charge < -0.3 is 16.4 Å². The van der Waals surface area contributed by atoms with Gasteiger partial charge >= 0.3 is 0 Å². The quantitative estimate of drug-likeness (QED) is 0.730. The fraction of sp³-hybridized carbons (Fsp3) is 0.200. The Morgan fingerprint density at radius 2 is 2.10 bits per heavy atom. The second kappa shape index (κ2) is 5.61. The van der Waals surface area contributed by atoms with Gasteiger partial charge in [-0.05, 0) is 24.3 Å². The normalized spacial score (nSPS) is 20.4. The number of rotatable bonds is 3. The minimum atomic E-state index is -1.05. The first-order valence-electron chi connectivity index (χ1n) is 6.32. The molecule has 2 amide bonds. The van der Waals surface area contributed by atoms with Gasteiger partial charge in [0.05, 0.1) is 0 Å². The van der Waals surface area contributed by atoms with Crippen LogP contribution >= 0.6 is 0 Å². The third kappa shape index (κ3) is 3.06. The number of nitrogens with two attached hydrogens (primary N) is 1. The number of carbonyl (C=O) groups excluding carboxylic acids is 2. The lowest BCUT2D eigenvalue weighted by atomic mass is 9.90. The molecule has 1 atom stereocenters. The highest BCUT2D eigenvalue weighted by Crippen LogP contribution is 2.21. The number of hydrogen-bond donors (Lipinski definition) is 3. The Balaban J connectivity index is 2.21. The summed E-state index contributed by atoms with van der Waals surface area (Å²) in [5.74, 6) is -0.549. The van der Waals surface area contributed by atoms with Crippen LogP contribution in [0.5, 0.6) is 0 Å². The summed E-state index contributed by atoms with van der Waals surface area (Å²) in [5.41, 5.74) is 5.79. The molecule has 1 unspecified atom stereocenters. The number of anilines is 2. The number of amides is 2. The van der Waals surface area contributed by atoms with Crippen LogP contribution in [0.25, 0.3) is 0 Å². The zero-order valence-corrected chi connectivity index (χ0v) is 11.2. The molecule has 0 fully saturated rings. The van der Waals surface area contributed by atoms with Gasteiger partial charge in [-0.15, -0.1) is 0 Å². The van der Waals surface area contributed by atoms with Crippen LogP contribution in [0.4, 0.5) is 11.4 Å². The fourth-order valence-electron chi connectivity index (χ4n) is 2.11. The molecule has 5 heteroatoms. The van der Waals surface area contributed by atoms with E-state index in [9.17, 15) is 9.59 Å². The number of nitrogens with one attached hydrogen (secondary N) is 2. The molecular weight excluding hydrogens is 254 g/mol. The van der Waals surface area contributed by atoms with Crippen molar-refractivity contribution in [3.8, 4) is 0 Å². The van der Waals surface area contributed by atoms with Crippen molar-refractivity contribution in [2.45, 2.75) is 18.9 Å². The minimum Gasteiger partial charge on any atom is -0.399 e. The number of hydrogen-bond acceptors (Lipinski definition) is 3. The molecule has 0 radical (unpaired) electrons. The summed E-state index contributed by atoms with van der Waals surface area (Å²) >= 11 is 0. The molecule has 1 aromatic rings. The van der Waals surface area contributed by atoms with E-state index in [0.717, 1.165) is 0 Å².